The van der Waals surface area contributed by atoms with Crippen molar-refractivity contribution in [1.82, 2.24) is 4.90 Å². The van der Waals surface area contributed by atoms with Gasteiger partial charge in [0.15, 0.2) is 0 Å². The number of rotatable bonds is 2. The third-order valence-corrected chi connectivity index (χ3v) is 5.08. The Balaban J connectivity index is 1.61. The van der Waals surface area contributed by atoms with Crippen molar-refractivity contribution in [3.05, 3.63) is 0 Å². The van der Waals surface area contributed by atoms with Crippen LogP contribution in [0.5, 0.6) is 0 Å². The maximum atomic E-state index is 12.3. The topological polar surface area (TPSA) is 38.8 Å². The first-order valence-electron chi connectivity index (χ1n) is 7.72. The smallest absolute Gasteiger partial charge is 0.410 e. The summed E-state index contributed by atoms with van der Waals surface area (Å²) in [5, 5.41) is 0. The molecule has 0 aromatic rings. The summed E-state index contributed by atoms with van der Waals surface area (Å²) in [6.45, 7) is 5.89. The normalized spacial score (nSPS) is 37.9. The van der Waals surface area contributed by atoms with Gasteiger partial charge >= 0.3 is 6.09 Å². The van der Waals surface area contributed by atoms with Crippen molar-refractivity contribution in [1.29, 1.82) is 0 Å². The van der Waals surface area contributed by atoms with Gasteiger partial charge in [-0.3, -0.25) is 0 Å². The number of hydrogen-bond acceptors (Lipinski definition) is 3. The quantitative estimate of drug-likeness (QED) is 0.772. The van der Waals surface area contributed by atoms with E-state index in [0.29, 0.717) is 18.7 Å². The van der Waals surface area contributed by atoms with Gasteiger partial charge in [-0.1, -0.05) is 13.8 Å². The predicted octanol–water partition coefficient (Wildman–Crippen LogP) is 2.81. The van der Waals surface area contributed by atoms with Gasteiger partial charge in [-0.05, 0) is 37.5 Å². The lowest BCUT2D eigenvalue weighted by Crippen LogP contribution is -2.48. The Morgan fingerprint density at radius 1 is 1.21 bits per heavy atom. The average Bonchev–Trinajstić information content (AvgIpc) is 2.95. The summed E-state index contributed by atoms with van der Waals surface area (Å²) in [5.74, 6) is 1.50. The van der Waals surface area contributed by atoms with Crippen LogP contribution < -0.4 is 0 Å². The van der Waals surface area contributed by atoms with Crippen LogP contribution in [0, 0.1) is 11.8 Å². The van der Waals surface area contributed by atoms with E-state index in [2.05, 4.69) is 13.8 Å². The molecule has 4 heteroatoms. The zero-order valence-electron chi connectivity index (χ0n) is 12.0. The Hall–Kier alpha value is -0.770. The van der Waals surface area contributed by atoms with Crippen molar-refractivity contribution < 1.29 is 14.3 Å². The Morgan fingerprint density at radius 3 is 2.42 bits per heavy atom. The number of hydrogen-bond donors (Lipinski definition) is 0. The Bertz CT molecular complexity index is 324. The van der Waals surface area contributed by atoms with Gasteiger partial charge in [-0.25, -0.2) is 4.79 Å². The largest absolute Gasteiger partial charge is 0.444 e. The van der Waals surface area contributed by atoms with E-state index in [1.165, 1.54) is 0 Å². The maximum absolute atomic E-state index is 12.3. The first-order chi connectivity index (χ1) is 9.15. The van der Waals surface area contributed by atoms with E-state index < -0.39 is 0 Å². The number of carbonyl (C=O) groups is 1. The summed E-state index contributed by atoms with van der Waals surface area (Å²) in [5.41, 5.74) is 0. The first kappa shape index (κ1) is 13.2. The highest BCUT2D eigenvalue weighted by Crippen LogP contribution is 2.41. The van der Waals surface area contributed by atoms with Crippen molar-refractivity contribution in [3.8, 4) is 0 Å². The number of ether oxygens (including phenoxy) is 2. The summed E-state index contributed by atoms with van der Waals surface area (Å²) in [6, 6.07) is 0.835. The lowest BCUT2D eigenvalue weighted by molar-refractivity contribution is 0.0222. The predicted molar refractivity (Wildman–Crippen MR) is 71.9 cm³/mol. The van der Waals surface area contributed by atoms with Gasteiger partial charge in [-0.2, -0.15) is 0 Å². The molecule has 0 saturated carbocycles. The first-order valence-corrected chi connectivity index (χ1v) is 7.72. The van der Waals surface area contributed by atoms with Crippen LogP contribution >= 0.6 is 0 Å². The van der Waals surface area contributed by atoms with Gasteiger partial charge in [0.1, 0.15) is 6.10 Å². The summed E-state index contributed by atoms with van der Waals surface area (Å²) >= 11 is 0. The summed E-state index contributed by atoms with van der Waals surface area (Å²) in [6.07, 6.45) is 5.37. The summed E-state index contributed by atoms with van der Waals surface area (Å²) in [7, 11) is 0. The van der Waals surface area contributed by atoms with Crippen LogP contribution in [-0.4, -0.2) is 42.4 Å². The molecule has 0 N–H and O–H groups in total. The fourth-order valence-corrected chi connectivity index (χ4v) is 3.87. The van der Waals surface area contributed by atoms with E-state index in [1.54, 1.807) is 0 Å². The number of amides is 1. The van der Waals surface area contributed by atoms with Crippen molar-refractivity contribution in [2.75, 3.05) is 13.2 Å². The zero-order valence-corrected chi connectivity index (χ0v) is 12.0. The van der Waals surface area contributed by atoms with Gasteiger partial charge in [0.25, 0.3) is 0 Å². The Morgan fingerprint density at radius 2 is 1.89 bits per heavy atom. The second kappa shape index (κ2) is 5.31. The van der Waals surface area contributed by atoms with Crippen LogP contribution in [0.3, 0.4) is 0 Å². The molecular formula is C15H25NO3. The molecule has 3 aliphatic rings. The average molecular weight is 267 g/mol. The van der Waals surface area contributed by atoms with E-state index in [1.807, 2.05) is 4.90 Å². The molecule has 0 aromatic carbocycles. The van der Waals surface area contributed by atoms with Crippen LogP contribution in [0.1, 0.15) is 46.0 Å². The minimum Gasteiger partial charge on any atom is -0.444 e. The minimum absolute atomic E-state index is 0.0188. The second-order valence-electron chi connectivity index (χ2n) is 6.64. The molecular weight excluding hydrogens is 242 g/mol. The molecule has 3 rings (SSSR count). The van der Waals surface area contributed by atoms with E-state index in [9.17, 15) is 4.79 Å². The van der Waals surface area contributed by atoms with E-state index in [0.717, 1.165) is 50.5 Å². The molecule has 0 aromatic heterocycles. The number of piperidine rings is 1. The highest BCUT2D eigenvalue weighted by Gasteiger charge is 2.45. The van der Waals surface area contributed by atoms with Crippen molar-refractivity contribution in [2.45, 2.75) is 64.1 Å². The molecule has 3 heterocycles. The summed E-state index contributed by atoms with van der Waals surface area (Å²) in [4.78, 5) is 14.4. The molecule has 108 valence electrons. The lowest BCUT2D eigenvalue weighted by atomic mass is 9.83. The van der Waals surface area contributed by atoms with Crippen LogP contribution in [0.4, 0.5) is 4.79 Å². The second-order valence-corrected chi connectivity index (χ2v) is 6.64. The number of nitrogens with zero attached hydrogens (tertiary/aromatic N) is 1. The highest BCUT2D eigenvalue weighted by atomic mass is 16.6. The molecule has 4 nitrogen and oxygen atoms in total. The fraction of sp³-hybridized carbons (Fsp3) is 0.933. The van der Waals surface area contributed by atoms with Gasteiger partial charge in [0, 0.05) is 18.5 Å². The van der Waals surface area contributed by atoms with Crippen LogP contribution in [0.25, 0.3) is 0 Å². The molecule has 0 spiro atoms. The van der Waals surface area contributed by atoms with Crippen LogP contribution in [0.2, 0.25) is 0 Å². The van der Waals surface area contributed by atoms with Crippen molar-refractivity contribution >= 4 is 6.09 Å². The van der Waals surface area contributed by atoms with Crippen LogP contribution in [-0.2, 0) is 9.47 Å². The van der Waals surface area contributed by atoms with E-state index in [-0.39, 0.29) is 12.2 Å². The van der Waals surface area contributed by atoms with E-state index >= 15 is 0 Å². The molecule has 3 fully saturated rings. The molecule has 2 bridgehead atoms. The third-order valence-electron chi connectivity index (χ3n) is 5.08. The Kier molecular flexibility index (Phi) is 3.70. The van der Waals surface area contributed by atoms with Gasteiger partial charge in [0.05, 0.1) is 13.2 Å². The zero-order chi connectivity index (χ0) is 13.4. The number of carbonyl (C=O) groups excluding carboxylic acids is 1. The van der Waals surface area contributed by atoms with Crippen molar-refractivity contribution in [2.24, 2.45) is 11.8 Å². The molecule has 0 aliphatic carbocycles. The fourth-order valence-electron chi connectivity index (χ4n) is 3.87. The monoisotopic (exact) mass is 267 g/mol. The molecule has 1 amide bonds. The van der Waals surface area contributed by atoms with Gasteiger partial charge in [0.2, 0.25) is 0 Å². The van der Waals surface area contributed by atoms with E-state index in [4.69, 9.17) is 9.47 Å². The Labute approximate surface area is 115 Å². The van der Waals surface area contributed by atoms with Crippen molar-refractivity contribution in [3.63, 3.8) is 0 Å². The molecule has 3 saturated heterocycles. The maximum Gasteiger partial charge on any atom is 0.410 e. The third kappa shape index (κ3) is 2.60. The standard InChI is InChI=1S/C15H25NO3/c1-10(2)11-7-12-3-4-13(8-11)16(12)15(17)19-14-5-6-18-9-14/h10-14H,3-9H2,1-2H3. The summed E-state index contributed by atoms with van der Waals surface area (Å²) < 4.78 is 10.9. The van der Waals surface area contributed by atoms with Gasteiger partial charge < -0.3 is 14.4 Å². The molecule has 3 atom stereocenters. The highest BCUT2D eigenvalue weighted by molar-refractivity contribution is 5.69. The molecule has 0 radical (unpaired) electrons. The van der Waals surface area contributed by atoms with Crippen LogP contribution in [0.15, 0.2) is 0 Å². The molecule has 3 aliphatic heterocycles. The molecule has 3 unspecified atom stereocenters. The molecule has 19 heavy (non-hydrogen) atoms. The van der Waals surface area contributed by atoms with Gasteiger partial charge in [-0.15, -0.1) is 0 Å². The lowest BCUT2D eigenvalue weighted by Gasteiger charge is -2.40. The number of fused-ring (bicyclic) bond motifs is 2. The SMILES string of the molecule is CC(C)C1CC2CCC(C1)N2C(=O)OC1CCOC1. The minimum atomic E-state index is -0.0924.